The summed E-state index contributed by atoms with van der Waals surface area (Å²) in [6, 6.07) is 16.1. The van der Waals surface area contributed by atoms with Gasteiger partial charge in [0.15, 0.2) is 5.13 Å². The van der Waals surface area contributed by atoms with Gasteiger partial charge in [0.05, 0.1) is 5.02 Å². The van der Waals surface area contributed by atoms with Crippen molar-refractivity contribution in [2.75, 3.05) is 5.32 Å². The summed E-state index contributed by atoms with van der Waals surface area (Å²) in [5.74, 6) is -0.215. The van der Waals surface area contributed by atoms with Crippen LogP contribution >= 0.6 is 34.3 Å². The Balaban J connectivity index is 1.51. The van der Waals surface area contributed by atoms with Crippen LogP contribution in [0.1, 0.15) is 25.7 Å². The first kappa shape index (κ1) is 17.2. The van der Waals surface area contributed by atoms with E-state index in [0.29, 0.717) is 15.0 Å². The molecule has 0 atom stereocenters. The molecule has 0 aliphatic heterocycles. The highest BCUT2D eigenvalue weighted by atomic mass is 35.5. The zero-order valence-electron chi connectivity index (χ0n) is 14.0. The van der Waals surface area contributed by atoms with Crippen LogP contribution in [0.5, 0.6) is 0 Å². The standard InChI is InChI=1S/C20H15ClN2OS2/c1-12-5-4-6-13(9-12)10-14-11-22-20(25-14)23-19(24)18-17(21)15-7-2-3-8-16(15)26-18/h2-9,11H,10H2,1H3,(H,22,23,24). The number of aromatic nitrogens is 1. The maximum Gasteiger partial charge on any atom is 0.269 e. The van der Waals surface area contributed by atoms with Crippen LogP contribution in [0.2, 0.25) is 5.02 Å². The minimum atomic E-state index is -0.215. The van der Waals surface area contributed by atoms with Gasteiger partial charge in [-0.25, -0.2) is 4.98 Å². The third-order valence-electron chi connectivity index (χ3n) is 3.98. The van der Waals surface area contributed by atoms with Crippen LogP contribution in [0, 0.1) is 6.92 Å². The first-order valence-electron chi connectivity index (χ1n) is 8.09. The van der Waals surface area contributed by atoms with Crippen LogP contribution in [-0.2, 0) is 6.42 Å². The van der Waals surface area contributed by atoms with Crippen molar-refractivity contribution in [3.63, 3.8) is 0 Å². The van der Waals surface area contributed by atoms with E-state index in [-0.39, 0.29) is 5.91 Å². The molecule has 0 saturated carbocycles. The smallest absolute Gasteiger partial charge is 0.269 e. The fourth-order valence-corrected chi connectivity index (χ4v) is 5.04. The van der Waals surface area contributed by atoms with Crippen LogP contribution in [0.4, 0.5) is 5.13 Å². The second-order valence-corrected chi connectivity index (χ2v) is 8.54. The quantitative estimate of drug-likeness (QED) is 0.447. The van der Waals surface area contributed by atoms with Crippen LogP contribution in [-0.4, -0.2) is 10.9 Å². The number of hydrogen-bond donors (Lipinski definition) is 1. The van der Waals surface area contributed by atoms with Gasteiger partial charge < -0.3 is 0 Å². The summed E-state index contributed by atoms with van der Waals surface area (Å²) in [5, 5.41) is 4.87. The maximum atomic E-state index is 12.6. The van der Waals surface area contributed by atoms with E-state index >= 15 is 0 Å². The molecule has 0 aliphatic rings. The molecule has 4 rings (SSSR count). The van der Waals surface area contributed by atoms with Gasteiger partial charge in [-0.05, 0) is 18.6 Å². The highest BCUT2D eigenvalue weighted by Crippen LogP contribution is 2.35. The molecule has 0 bridgehead atoms. The Morgan fingerprint density at radius 2 is 2.00 bits per heavy atom. The topological polar surface area (TPSA) is 42.0 Å². The van der Waals surface area contributed by atoms with Gasteiger partial charge in [0.1, 0.15) is 4.88 Å². The highest BCUT2D eigenvalue weighted by Gasteiger charge is 2.18. The van der Waals surface area contributed by atoms with Gasteiger partial charge in [-0.1, -0.05) is 59.6 Å². The van der Waals surface area contributed by atoms with E-state index in [2.05, 4.69) is 41.5 Å². The minimum absolute atomic E-state index is 0.215. The average molecular weight is 399 g/mol. The number of amides is 1. The number of nitrogens with one attached hydrogen (secondary N) is 1. The summed E-state index contributed by atoms with van der Waals surface area (Å²) in [5.41, 5.74) is 2.47. The first-order valence-corrected chi connectivity index (χ1v) is 10.1. The molecule has 0 unspecified atom stereocenters. The van der Waals surface area contributed by atoms with E-state index in [4.69, 9.17) is 11.6 Å². The predicted octanol–water partition coefficient (Wildman–Crippen LogP) is 6.16. The Kier molecular flexibility index (Phi) is 4.76. The molecule has 0 saturated heterocycles. The molecule has 2 aromatic heterocycles. The summed E-state index contributed by atoms with van der Waals surface area (Å²) >= 11 is 9.26. The SMILES string of the molecule is Cc1cccc(Cc2cnc(NC(=O)c3sc4ccccc4c3Cl)s2)c1. The summed E-state index contributed by atoms with van der Waals surface area (Å²) in [7, 11) is 0. The molecule has 0 radical (unpaired) electrons. The monoisotopic (exact) mass is 398 g/mol. The van der Waals surface area contributed by atoms with Gasteiger partial charge in [-0.3, -0.25) is 10.1 Å². The lowest BCUT2D eigenvalue weighted by Gasteiger charge is -2.00. The van der Waals surface area contributed by atoms with E-state index in [1.165, 1.54) is 33.8 Å². The van der Waals surface area contributed by atoms with Crippen LogP contribution in [0.25, 0.3) is 10.1 Å². The van der Waals surface area contributed by atoms with Crippen molar-refractivity contribution >= 4 is 55.4 Å². The second kappa shape index (κ2) is 7.19. The van der Waals surface area contributed by atoms with E-state index in [0.717, 1.165) is 21.4 Å². The van der Waals surface area contributed by atoms with E-state index in [1.54, 1.807) is 0 Å². The van der Waals surface area contributed by atoms with Crippen molar-refractivity contribution in [3.05, 3.63) is 80.6 Å². The van der Waals surface area contributed by atoms with Crippen molar-refractivity contribution < 1.29 is 4.79 Å². The van der Waals surface area contributed by atoms with Gasteiger partial charge in [-0.15, -0.1) is 22.7 Å². The molecule has 4 aromatic rings. The van der Waals surface area contributed by atoms with E-state index in [9.17, 15) is 4.79 Å². The number of carbonyl (C=O) groups excluding carboxylic acids is 1. The second-order valence-electron chi connectivity index (χ2n) is 5.99. The molecule has 1 N–H and O–H groups in total. The molecule has 2 heterocycles. The Bertz CT molecular complexity index is 1100. The average Bonchev–Trinajstić information content (AvgIpc) is 3.20. The zero-order valence-corrected chi connectivity index (χ0v) is 16.3. The zero-order chi connectivity index (χ0) is 18.1. The molecule has 0 aliphatic carbocycles. The third-order valence-corrected chi connectivity index (χ3v) is 6.56. The number of carbonyl (C=O) groups is 1. The van der Waals surface area contributed by atoms with E-state index < -0.39 is 0 Å². The first-order chi connectivity index (χ1) is 12.6. The lowest BCUT2D eigenvalue weighted by molar-refractivity contribution is 0.103. The molecular weight excluding hydrogens is 384 g/mol. The van der Waals surface area contributed by atoms with Crippen molar-refractivity contribution in [2.24, 2.45) is 0 Å². The van der Waals surface area contributed by atoms with Gasteiger partial charge in [0.2, 0.25) is 0 Å². The summed E-state index contributed by atoms with van der Waals surface area (Å²) in [6.45, 7) is 2.08. The van der Waals surface area contributed by atoms with Gasteiger partial charge in [0, 0.05) is 27.6 Å². The van der Waals surface area contributed by atoms with Gasteiger partial charge in [-0.2, -0.15) is 0 Å². The van der Waals surface area contributed by atoms with Crippen molar-refractivity contribution in [3.8, 4) is 0 Å². The molecule has 3 nitrogen and oxygen atoms in total. The molecular formula is C20H15ClN2OS2. The minimum Gasteiger partial charge on any atom is -0.297 e. The largest absolute Gasteiger partial charge is 0.297 e. The molecule has 1 amide bonds. The number of halogens is 1. The van der Waals surface area contributed by atoms with Crippen LogP contribution < -0.4 is 5.32 Å². The summed E-state index contributed by atoms with van der Waals surface area (Å²) < 4.78 is 1.00. The molecule has 2 aromatic carbocycles. The number of thiazole rings is 1. The number of thiophene rings is 1. The number of hydrogen-bond acceptors (Lipinski definition) is 4. The Morgan fingerprint density at radius 1 is 1.15 bits per heavy atom. The van der Waals surface area contributed by atoms with Crippen LogP contribution in [0.15, 0.2) is 54.7 Å². The lowest BCUT2D eigenvalue weighted by atomic mass is 10.1. The van der Waals surface area contributed by atoms with Crippen molar-refractivity contribution in [2.45, 2.75) is 13.3 Å². The number of benzene rings is 2. The van der Waals surface area contributed by atoms with E-state index in [1.807, 2.05) is 30.5 Å². The Morgan fingerprint density at radius 3 is 2.81 bits per heavy atom. The molecule has 6 heteroatoms. The summed E-state index contributed by atoms with van der Waals surface area (Å²) in [4.78, 5) is 18.6. The number of anilines is 1. The number of aryl methyl sites for hydroxylation is 1. The van der Waals surface area contributed by atoms with Gasteiger partial charge >= 0.3 is 0 Å². The van der Waals surface area contributed by atoms with Crippen LogP contribution in [0.3, 0.4) is 0 Å². The number of nitrogens with zero attached hydrogens (tertiary/aromatic N) is 1. The molecule has 26 heavy (non-hydrogen) atoms. The van der Waals surface area contributed by atoms with Crippen molar-refractivity contribution in [1.82, 2.24) is 4.98 Å². The number of rotatable bonds is 4. The lowest BCUT2D eigenvalue weighted by Crippen LogP contribution is -2.10. The molecule has 130 valence electrons. The van der Waals surface area contributed by atoms with Crippen molar-refractivity contribution in [1.29, 1.82) is 0 Å². The predicted molar refractivity (Wildman–Crippen MR) is 111 cm³/mol. The normalized spacial score (nSPS) is 11.0. The molecule has 0 fully saturated rings. The highest BCUT2D eigenvalue weighted by molar-refractivity contribution is 7.22. The van der Waals surface area contributed by atoms with Gasteiger partial charge in [0.25, 0.3) is 5.91 Å². The number of fused-ring (bicyclic) bond motifs is 1. The maximum absolute atomic E-state index is 12.6. The fraction of sp³-hybridized carbons (Fsp3) is 0.100. The Labute approximate surface area is 164 Å². The summed E-state index contributed by atoms with van der Waals surface area (Å²) in [6.07, 6.45) is 2.62. The molecule has 0 spiro atoms. The Hall–Kier alpha value is -2.21. The third kappa shape index (κ3) is 3.51. The fourth-order valence-electron chi connectivity index (χ4n) is 2.78.